The van der Waals surface area contributed by atoms with Gasteiger partial charge in [-0.2, -0.15) is 5.10 Å². The Bertz CT molecular complexity index is 778. The smallest absolute Gasteiger partial charge is 0.277 e. The summed E-state index contributed by atoms with van der Waals surface area (Å²) in [5.74, 6) is 1.16. The molecule has 0 atom stereocenters. The van der Waals surface area contributed by atoms with Crippen LogP contribution < -0.4 is 5.56 Å². The van der Waals surface area contributed by atoms with Crippen LogP contribution in [0.5, 0.6) is 0 Å². The fourth-order valence-electron chi connectivity index (χ4n) is 1.96. The molecule has 0 aliphatic carbocycles. The van der Waals surface area contributed by atoms with Gasteiger partial charge in [0.1, 0.15) is 12.4 Å². The van der Waals surface area contributed by atoms with E-state index in [0.717, 1.165) is 5.56 Å². The Balaban J connectivity index is 0.000000847. The molecule has 0 fully saturated rings. The van der Waals surface area contributed by atoms with Crippen molar-refractivity contribution in [3.8, 4) is 0 Å². The van der Waals surface area contributed by atoms with Gasteiger partial charge < -0.3 is 9.72 Å². The van der Waals surface area contributed by atoms with Gasteiger partial charge in [-0.25, -0.2) is 9.50 Å². The van der Waals surface area contributed by atoms with Gasteiger partial charge in [0.2, 0.25) is 0 Å². The number of aromatic amines is 1. The van der Waals surface area contributed by atoms with Crippen LogP contribution in [0.1, 0.15) is 31.1 Å². The van der Waals surface area contributed by atoms with Gasteiger partial charge in [0.15, 0.2) is 11.3 Å². The maximum Gasteiger partial charge on any atom is 0.277 e. The number of nitrogens with zero attached hydrogens (tertiary/aromatic N) is 3. The molecule has 0 amide bonds. The van der Waals surface area contributed by atoms with Crippen LogP contribution in [-0.2, 0) is 18.0 Å². The zero-order valence-corrected chi connectivity index (χ0v) is 13.0. The molecule has 1 aromatic carbocycles. The summed E-state index contributed by atoms with van der Waals surface area (Å²) in [7, 11) is 0. The largest absolute Gasteiger partial charge is 0.369 e. The summed E-state index contributed by atoms with van der Waals surface area (Å²) in [5, 5.41) is 4.30. The lowest BCUT2D eigenvalue weighted by molar-refractivity contribution is 0.101. The van der Waals surface area contributed by atoms with Gasteiger partial charge >= 0.3 is 0 Å². The Morgan fingerprint density at radius 2 is 1.91 bits per heavy atom. The van der Waals surface area contributed by atoms with Crippen molar-refractivity contribution in [2.75, 3.05) is 0 Å². The Morgan fingerprint density at radius 1 is 1.18 bits per heavy atom. The van der Waals surface area contributed by atoms with Gasteiger partial charge in [0, 0.05) is 0 Å². The summed E-state index contributed by atoms with van der Waals surface area (Å²) in [6, 6.07) is 9.84. The first-order valence-corrected chi connectivity index (χ1v) is 7.29. The Morgan fingerprint density at radius 3 is 2.64 bits per heavy atom. The van der Waals surface area contributed by atoms with E-state index in [2.05, 4.69) is 15.1 Å². The summed E-state index contributed by atoms with van der Waals surface area (Å²) in [5.41, 5.74) is 1.31. The molecule has 0 unspecified atom stereocenters. The molecule has 2 aromatic heterocycles. The van der Waals surface area contributed by atoms with E-state index in [0.29, 0.717) is 23.8 Å². The molecule has 2 heterocycles. The number of hydrogen-bond donors (Lipinski definition) is 1. The minimum absolute atomic E-state index is 0.209. The Kier molecular flexibility index (Phi) is 5.43. The van der Waals surface area contributed by atoms with Gasteiger partial charge in [0.05, 0.1) is 12.8 Å². The van der Waals surface area contributed by atoms with Gasteiger partial charge in [-0.05, 0) is 12.5 Å². The molecule has 6 nitrogen and oxygen atoms in total. The molecule has 0 aliphatic heterocycles. The normalized spacial score (nSPS) is 10.3. The third-order valence-electron chi connectivity index (χ3n) is 2.97. The van der Waals surface area contributed by atoms with Gasteiger partial charge in [-0.1, -0.05) is 44.2 Å². The molecule has 0 bridgehead atoms. The molecule has 116 valence electrons. The van der Waals surface area contributed by atoms with Crippen molar-refractivity contribution >= 4 is 5.52 Å². The topological polar surface area (TPSA) is 72.3 Å². The number of aromatic nitrogens is 4. The van der Waals surface area contributed by atoms with Crippen LogP contribution in [0, 0.1) is 6.92 Å². The highest BCUT2D eigenvalue weighted by Crippen LogP contribution is 2.03. The lowest BCUT2D eigenvalue weighted by Gasteiger charge is -2.04. The number of ether oxygens (including phenoxy) is 1. The fourth-order valence-corrected chi connectivity index (χ4v) is 1.96. The van der Waals surface area contributed by atoms with Gasteiger partial charge in [-0.15, -0.1) is 0 Å². The van der Waals surface area contributed by atoms with Crippen LogP contribution in [-0.4, -0.2) is 19.6 Å². The summed E-state index contributed by atoms with van der Waals surface area (Å²) in [4.78, 5) is 18.6. The third kappa shape index (κ3) is 3.59. The molecule has 3 rings (SSSR count). The van der Waals surface area contributed by atoms with Crippen LogP contribution in [0.25, 0.3) is 5.52 Å². The van der Waals surface area contributed by atoms with E-state index >= 15 is 0 Å². The van der Waals surface area contributed by atoms with Crippen LogP contribution in [0.2, 0.25) is 0 Å². The summed E-state index contributed by atoms with van der Waals surface area (Å²) in [6.07, 6.45) is 1.51. The average Bonchev–Trinajstić information content (AvgIpc) is 2.92. The highest BCUT2D eigenvalue weighted by molar-refractivity contribution is 5.41. The average molecular weight is 300 g/mol. The second-order valence-electron chi connectivity index (χ2n) is 4.48. The van der Waals surface area contributed by atoms with E-state index in [4.69, 9.17) is 4.74 Å². The third-order valence-corrected chi connectivity index (χ3v) is 2.97. The van der Waals surface area contributed by atoms with Crippen molar-refractivity contribution in [3.05, 3.63) is 64.1 Å². The first kappa shape index (κ1) is 15.9. The zero-order valence-electron chi connectivity index (χ0n) is 13.0. The molecular weight excluding hydrogens is 280 g/mol. The Hall–Kier alpha value is -2.47. The van der Waals surface area contributed by atoms with E-state index in [1.807, 2.05) is 44.2 Å². The monoisotopic (exact) mass is 300 g/mol. The number of rotatable bonds is 4. The first-order valence-electron chi connectivity index (χ1n) is 7.29. The predicted molar refractivity (Wildman–Crippen MR) is 84.6 cm³/mol. The molecule has 6 heteroatoms. The number of benzene rings is 1. The fraction of sp³-hybridized carbons (Fsp3) is 0.312. The number of hydrogen-bond acceptors (Lipinski definition) is 4. The lowest BCUT2D eigenvalue weighted by atomic mass is 10.2. The molecular formula is C16H20N4O2. The summed E-state index contributed by atoms with van der Waals surface area (Å²) >= 11 is 0. The van der Waals surface area contributed by atoms with E-state index in [-0.39, 0.29) is 12.2 Å². The predicted octanol–water partition coefficient (Wildman–Crippen LogP) is 2.47. The molecule has 1 N–H and O–H groups in total. The van der Waals surface area contributed by atoms with Crippen molar-refractivity contribution in [1.29, 1.82) is 0 Å². The van der Waals surface area contributed by atoms with Gasteiger partial charge in [0.25, 0.3) is 5.56 Å². The maximum absolute atomic E-state index is 11.8. The minimum Gasteiger partial charge on any atom is -0.369 e. The molecule has 0 aliphatic rings. The highest BCUT2D eigenvalue weighted by Gasteiger charge is 2.07. The zero-order chi connectivity index (χ0) is 15.9. The Labute approximate surface area is 128 Å². The number of nitrogens with one attached hydrogen (secondary N) is 1. The standard InChI is InChI=1S/C14H14N4O2.C2H6/c1-10-15-7-12-14(19)16-13(17-18(10)12)9-20-8-11-5-3-2-4-6-11;1-2/h2-7H,8-9H2,1H3,(H,16,17,19);1-2H3. The second-order valence-corrected chi connectivity index (χ2v) is 4.48. The van der Waals surface area contributed by atoms with Gasteiger partial charge in [-0.3, -0.25) is 4.79 Å². The molecule has 0 spiro atoms. The van der Waals surface area contributed by atoms with Crippen molar-refractivity contribution in [3.63, 3.8) is 0 Å². The first-order chi connectivity index (χ1) is 10.7. The number of imidazole rings is 1. The maximum atomic E-state index is 11.8. The SMILES string of the molecule is CC.Cc1ncc2c(=O)[nH]c(COCc3ccccc3)nn12. The molecule has 0 radical (unpaired) electrons. The number of H-pyrrole nitrogens is 1. The highest BCUT2D eigenvalue weighted by atomic mass is 16.5. The van der Waals surface area contributed by atoms with Crippen LogP contribution in [0.3, 0.4) is 0 Å². The lowest BCUT2D eigenvalue weighted by Crippen LogP contribution is -2.17. The van der Waals surface area contributed by atoms with Crippen molar-refractivity contribution in [2.45, 2.75) is 34.0 Å². The van der Waals surface area contributed by atoms with Crippen LogP contribution in [0.4, 0.5) is 0 Å². The van der Waals surface area contributed by atoms with Crippen LogP contribution >= 0.6 is 0 Å². The molecule has 0 saturated heterocycles. The minimum atomic E-state index is -0.209. The number of aryl methyl sites for hydroxylation is 1. The quantitative estimate of drug-likeness (QED) is 0.803. The van der Waals surface area contributed by atoms with Crippen molar-refractivity contribution < 1.29 is 4.74 Å². The second kappa shape index (κ2) is 7.51. The van der Waals surface area contributed by atoms with Crippen LogP contribution in [0.15, 0.2) is 41.3 Å². The van der Waals surface area contributed by atoms with E-state index in [1.165, 1.54) is 10.7 Å². The summed E-state index contributed by atoms with van der Waals surface area (Å²) in [6.45, 7) is 6.53. The molecule has 3 aromatic rings. The molecule has 22 heavy (non-hydrogen) atoms. The van der Waals surface area contributed by atoms with E-state index in [9.17, 15) is 4.79 Å². The molecule has 0 saturated carbocycles. The van der Waals surface area contributed by atoms with E-state index < -0.39 is 0 Å². The van der Waals surface area contributed by atoms with Crippen molar-refractivity contribution in [1.82, 2.24) is 19.6 Å². The summed E-state index contributed by atoms with van der Waals surface area (Å²) < 4.78 is 7.09. The van der Waals surface area contributed by atoms with Crippen molar-refractivity contribution in [2.24, 2.45) is 0 Å². The van der Waals surface area contributed by atoms with E-state index in [1.54, 1.807) is 6.92 Å². The number of fused-ring (bicyclic) bond motifs is 1.